The number of fused-ring (bicyclic) bond motifs is 1. The molecular weight excluding hydrogens is 160 g/mol. The van der Waals surface area contributed by atoms with E-state index in [0.29, 0.717) is 24.2 Å². The van der Waals surface area contributed by atoms with Crippen molar-refractivity contribution in [1.82, 2.24) is 4.90 Å². The van der Waals surface area contributed by atoms with Crippen LogP contribution in [0.2, 0.25) is 0 Å². The second kappa shape index (κ2) is 2.52. The van der Waals surface area contributed by atoms with Crippen molar-refractivity contribution in [3.63, 3.8) is 0 Å². The van der Waals surface area contributed by atoms with Crippen LogP contribution in [0.15, 0.2) is 12.1 Å². The summed E-state index contributed by atoms with van der Waals surface area (Å²) >= 11 is 0. The Balaban J connectivity index is 2.56. The highest BCUT2D eigenvalue weighted by atomic mass is 19.1. The molecule has 1 nitrogen and oxygen atoms in total. The lowest BCUT2D eigenvalue weighted by molar-refractivity contribution is 0.347. The van der Waals surface area contributed by atoms with Gasteiger partial charge in [0.15, 0.2) is 0 Å². The van der Waals surface area contributed by atoms with Gasteiger partial charge in [-0.3, -0.25) is 4.90 Å². The van der Waals surface area contributed by atoms with Gasteiger partial charge >= 0.3 is 0 Å². The molecule has 0 aromatic heterocycles. The van der Waals surface area contributed by atoms with Crippen molar-refractivity contribution in [2.24, 2.45) is 0 Å². The summed E-state index contributed by atoms with van der Waals surface area (Å²) in [5, 5.41) is 0. The summed E-state index contributed by atoms with van der Waals surface area (Å²) in [6.07, 6.45) is 0. The van der Waals surface area contributed by atoms with Crippen LogP contribution in [-0.2, 0) is 13.1 Å². The van der Waals surface area contributed by atoms with E-state index in [9.17, 15) is 8.78 Å². The highest BCUT2D eigenvalue weighted by Crippen LogP contribution is 2.25. The first-order valence-electron chi connectivity index (χ1n) is 3.83. The molecule has 0 spiro atoms. The third-order valence-electron chi connectivity index (χ3n) is 2.17. The minimum atomic E-state index is -0.296. The molecule has 0 atom stereocenters. The SMILES string of the molecule is CN1Cc2c(F)ccc(F)c2C1. The highest BCUT2D eigenvalue weighted by Gasteiger charge is 2.22. The van der Waals surface area contributed by atoms with Crippen molar-refractivity contribution in [3.05, 3.63) is 34.9 Å². The molecule has 0 amide bonds. The topological polar surface area (TPSA) is 3.24 Å². The van der Waals surface area contributed by atoms with Gasteiger partial charge in [0.25, 0.3) is 0 Å². The van der Waals surface area contributed by atoms with Crippen LogP contribution < -0.4 is 0 Å². The Morgan fingerprint density at radius 3 is 1.92 bits per heavy atom. The van der Waals surface area contributed by atoms with Gasteiger partial charge in [0.2, 0.25) is 0 Å². The molecule has 1 heterocycles. The first-order valence-corrected chi connectivity index (χ1v) is 3.83. The van der Waals surface area contributed by atoms with E-state index in [1.165, 1.54) is 12.1 Å². The molecule has 1 aromatic rings. The van der Waals surface area contributed by atoms with Gasteiger partial charge in [0, 0.05) is 24.2 Å². The summed E-state index contributed by atoms with van der Waals surface area (Å²) in [6.45, 7) is 1.03. The summed E-state index contributed by atoms with van der Waals surface area (Å²) in [5.74, 6) is -0.591. The fourth-order valence-corrected chi connectivity index (χ4v) is 1.57. The second-order valence-corrected chi connectivity index (χ2v) is 3.16. The Bertz CT molecular complexity index is 292. The fourth-order valence-electron chi connectivity index (χ4n) is 1.57. The van der Waals surface area contributed by atoms with E-state index in [1.54, 1.807) is 0 Å². The van der Waals surface area contributed by atoms with Crippen LogP contribution >= 0.6 is 0 Å². The molecule has 0 bridgehead atoms. The van der Waals surface area contributed by atoms with E-state index in [1.807, 2.05) is 11.9 Å². The van der Waals surface area contributed by atoms with Crippen LogP contribution in [0, 0.1) is 11.6 Å². The third kappa shape index (κ3) is 1.01. The molecule has 0 radical (unpaired) electrons. The monoisotopic (exact) mass is 169 g/mol. The van der Waals surface area contributed by atoms with Crippen LogP contribution in [0.5, 0.6) is 0 Å². The second-order valence-electron chi connectivity index (χ2n) is 3.16. The fraction of sp³-hybridized carbons (Fsp3) is 0.333. The van der Waals surface area contributed by atoms with Crippen molar-refractivity contribution in [2.75, 3.05) is 7.05 Å². The Morgan fingerprint density at radius 2 is 1.50 bits per heavy atom. The van der Waals surface area contributed by atoms with Gasteiger partial charge in [-0.2, -0.15) is 0 Å². The molecule has 0 saturated heterocycles. The van der Waals surface area contributed by atoms with E-state index in [2.05, 4.69) is 0 Å². The van der Waals surface area contributed by atoms with Gasteiger partial charge < -0.3 is 0 Å². The van der Waals surface area contributed by atoms with Crippen molar-refractivity contribution in [2.45, 2.75) is 13.1 Å². The van der Waals surface area contributed by atoms with Crippen molar-refractivity contribution < 1.29 is 8.78 Å². The summed E-state index contributed by atoms with van der Waals surface area (Å²) in [5.41, 5.74) is 1.02. The molecule has 0 unspecified atom stereocenters. The van der Waals surface area contributed by atoms with Crippen molar-refractivity contribution >= 4 is 0 Å². The summed E-state index contributed by atoms with van der Waals surface area (Å²) in [4.78, 5) is 1.89. The number of benzene rings is 1. The Morgan fingerprint density at radius 1 is 1.08 bits per heavy atom. The molecule has 3 heteroatoms. The molecule has 12 heavy (non-hydrogen) atoms. The van der Waals surface area contributed by atoms with Crippen LogP contribution in [0.3, 0.4) is 0 Å². The summed E-state index contributed by atoms with van der Waals surface area (Å²) in [6, 6.07) is 2.38. The van der Waals surface area contributed by atoms with Crippen LogP contribution in [0.4, 0.5) is 8.78 Å². The zero-order valence-electron chi connectivity index (χ0n) is 6.77. The van der Waals surface area contributed by atoms with E-state index < -0.39 is 0 Å². The Hall–Kier alpha value is -0.960. The average molecular weight is 169 g/mol. The standard InChI is InChI=1S/C9H9F2N/c1-12-4-6-7(5-12)9(11)3-2-8(6)10/h2-3H,4-5H2,1H3. The first kappa shape index (κ1) is 7.68. The lowest BCUT2D eigenvalue weighted by Gasteiger charge is -2.02. The van der Waals surface area contributed by atoms with Gasteiger partial charge in [0.1, 0.15) is 11.6 Å². The maximum atomic E-state index is 13.1. The highest BCUT2D eigenvalue weighted by molar-refractivity contribution is 5.32. The summed E-state index contributed by atoms with van der Waals surface area (Å²) in [7, 11) is 1.85. The van der Waals surface area contributed by atoms with Gasteiger partial charge in [-0.05, 0) is 19.2 Å². The van der Waals surface area contributed by atoms with Crippen LogP contribution in [0.1, 0.15) is 11.1 Å². The lowest BCUT2D eigenvalue weighted by Crippen LogP contribution is -2.07. The van der Waals surface area contributed by atoms with Gasteiger partial charge in [-0.25, -0.2) is 8.78 Å². The first-order chi connectivity index (χ1) is 5.68. The summed E-state index contributed by atoms with van der Waals surface area (Å²) < 4.78 is 26.1. The number of rotatable bonds is 0. The number of hydrogen-bond donors (Lipinski definition) is 0. The predicted octanol–water partition coefficient (Wildman–Crippen LogP) is 1.91. The van der Waals surface area contributed by atoms with Gasteiger partial charge in [-0.15, -0.1) is 0 Å². The van der Waals surface area contributed by atoms with Gasteiger partial charge in [-0.1, -0.05) is 0 Å². The van der Waals surface area contributed by atoms with Crippen molar-refractivity contribution in [3.8, 4) is 0 Å². The Kier molecular flexibility index (Phi) is 1.61. The maximum absolute atomic E-state index is 13.1. The van der Waals surface area contributed by atoms with Crippen LogP contribution in [0.25, 0.3) is 0 Å². The molecule has 0 saturated carbocycles. The molecule has 1 aliphatic rings. The molecule has 0 N–H and O–H groups in total. The van der Waals surface area contributed by atoms with E-state index >= 15 is 0 Å². The zero-order valence-corrected chi connectivity index (χ0v) is 6.77. The smallest absolute Gasteiger partial charge is 0.128 e. The molecule has 1 aliphatic heterocycles. The molecule has 1 aromatic carbocycles. The number of halogens is 2. The van der Waals surface area contributed by atoms with Crippen LogP contribution in [-0.4, -0.2) is 11.9 Å². The number of hydrogen-bond acceptors (Lipinski definition) is 1. The molecule has 0 aliphatic carbocycles. The quantitative estimate of drug-likeness (QED) is 0.573. The molecule has 64 valence electrons. The largest absolute Gasteiger partial charge is 0.298 e. The molecule has 2 rings (SSSR count). The molecule has 0 fully saturated rings. The molecular formula is C9H9F2N. The Labute approximate surface area is 69.6 Å². The minimum Gasteiger partial charge on any atom is -0.298 e. The number of nitrogens with zero attached hydrogens (tertiary/aromatic N) is 1. The normalized spacial score (nSPS) is 16.6. The average Bonchev–Trinajstić information content (AvgIpc) is 2.41. The maximum Gasteiger partial charge on any atom is 0.128 e. The zero-order chi connectivity index (χ0) is 8.72. The van der Waals surface area contributed by atoms with E-state index in [4.69, 9.17) is 0 Å². The minimum absolute atomic E-state index is 0.296. The van der Waals surface area contributed by atoms with Gasteiger partial charge in [0.05, 0.1) is 0 Å². The van der Waals surface area contributed by atoms with E-state index in [0.717, 1.165) is 0 Å². The lowest BCUT2D eigenvalue weighted by atomic mass is 10.1. The van der Waals surface area contributed by atoms with Crippen molar-refractivity contribution in [1.29, 1.82) is 0 Å². The third-order valence-corrected chi connectivity index (χ3v) is 2.17. The predicted molar refractivity (Wildman–Crippen MR) is 41.5 cm³/mol. The van der Waals surface area contributed by atoms with E-state index in [-0.39, 0.29) is 11.6 Å².